The molecule has 3 aromatic heterocycles. The molecule has 1 aromatic carbocycles. The first-order valence-electron chi connectivity index (χ1n) is 9.82. The van der Waals surface area contributed by atoms with E-state index in [1.54, 1.807) is 29.0 Å². The summed E-state index contributed by atoms with van der Waals surface area (Å²) in [6, 6.07) is 6.61. The first-order chi connectivity index (χ1) is 14.9. The predicted molar refractivity (Wildman–Crippen MR) is 126 cm³/mol. The monoisotopic (exact) mass is 476 g/mol. The maximum absolute atomic E-state index is 13.2. The topological polar surface area (TPSA) is 78.5 Å². The summed E-state index contributed by atoms with van der Waals surface area (Å²) in [5.74, 6) is 0.421. The summed E-state index contributed by atoms with van der Waals surface area (Å²) in [6.45, 7) is 5.00. The Bertz CT molecular complexity index is 1350. The zero-order valence-corrected chi connectivity index (χ0v) is 19.5. The van der Waals surface area contributed by atoms with E-state index in [0.29, 0.717) is 57.1 Å². The van der Waals surface area contributed by atoms with E-state index in [1.165, 1.54) is 33.6 Å². The molecule has 0 aliphatic carbocycles. The number of thioether (sulfide) groups is 1. The number of halogens is 1. The van der Waals surface area contributed by atoms with Crippen molar-refractivity contribution in [2.45, 2.75) is 43.8 Å². The molecule has 0 spiro atoms. The molecule has 0 N–H and O–H groups in total. The van der Waals surface area contributed by atoms with E-state index >= 15 is 0 Å². The molecule has 0 fully saturated rings. The highest BCUT2D eigenvalue weighted by molar-refractivity contribution is 7.98. The predicted octanol–water partition coefficient (Wildman–Crippen LogP) is 4.23. The van der Waals surface area contributed by atoms with Crippen molar-refractivity contribution in [2.75, 3.05) is 6.61 Å². The Balaban J connectivity index is 1.65. The number of fused-ring (bicyclic) bond motifs is 2. The number of nitrogens with zero attached hydrogens (tertiary/aromatic N) is 4. The third-order valence-corrected chi connectivity index (χ3v) is 6.57. The molecule has 0 saturated heterocycles. The Hall–Kier alpha value is -2.20. The van der Waals surface area contributed by atoms with E-state index in [2.05, 4.69) is 4.98 Å². The average molecular weight is 477 g/mol. The quantitative estimate of drug-likeness (QED) is 0.215. The van der Waals surface area contributed by atoms with Crippen molar-refractivity contribution in [3.8, 4) is 0 Å². The van der Waals surface area contributed by atoms with Gasteiger partial charge in [0, 0.05) is 41.6 Å². The summed E-state index contributed by atoms with van der Waals surface area (Å²) in [5.41, 5.74) is 0.961. The Morgan fingerprint density at radius 3 is 2.87 bits per heavy atom. The van der Waals surface area contributed by atoms with Crippen LogP contribution in [0, 0.1) is 0 Å². The molecule has 31 heavy (non-hydrogen) atoms. The van der Waals surface area contributed by atoms with Gasteiger partial charge in [-0.2, -0.15) is 0 Å². The van der Waals surface area contributed by atoms with E-state index in [-0.39, 0.29) is 17.2 Å². The molecule has 0 radical (unpaired) electrons. The van der Waals surface area contributed by atoms with Gasteiger partial charge in [0.15, 0.2) is 10.1 Å². The highest BCUT2D eigenvalue weighted by Crippen LogP contribution is 2.23. The molecule has 10 heteroatoms. The van der Waals surface area contributed by atoms with Gasteiger partial charge in [0.2, 0.25) is 0 Å². The summed E-state index contributed by atoms with van der Waals surface area (Å²) in [5, 5.41) is 3.44. The molecule has 0 aliphatic rings. The van der Waals surface area contributed by atoms with Crippen molar-refractivity contribution in [1.82, 2.24) is 18.9 Å². The van der Waals surface area contributed by atoms with Gasteiger partial charge in [-0.1, -0.05) is 23.4 Å². The highest BCUT2D eigenvalue weighted by atomic mass is 35.5. The van der Waals surface area contributed by atoms with Crippen LogP contribution in [-0.4, -0.2) is 31.6 Å². The second-order valence-corrected chi connectivity index (χ2v) is 9.47. The fourth-order valence-corrected chi connectivity index (χ4v) is 4.95. The van der Waals surface area contributed by atoms with Crippen LogP contribution < -0.4 is 11.1 Å². The Morgan fingerprint density at radius 2 is 2.06 bits per heavy atom. The molecule has 0 atom stereocenters. The normalized spacial score (nSPS) is 11.7. The molecule has 0 amide bonds. The Kier molecular flexibility index (Phi) is 6.76. The first kappa shape index (κ1) is 22.0. The number of hydrogen-bond acceptors (Lipinski definition) is 7. The van der Waals surface area contributed by atoms with Gasteiger partial charge in [-0.05, 0) is 38.5 Å². The van der Waals surface area contributed by atoms with Crippen molar-refractivity contribution in [3.05, 3.63) is 67.3 Å². The van der Waals surface area contributed by atoms with Crippen LogP contribution in [0.2, 0.25) is 5.02 Å². The Morgan fingerprint density at radius 1 is 1.23 bits per heavy atom. The second-order valence-electron chi connectivity index (χ2n) is 7.22. The van der Waals surface area contributed by atoms with Gasteiger partial charge in [0.25, 0.3) is 11.1 Å². The van der Waals surface area contributed by atoms with E-state index in [9.17, 15) is 9.59 Å². The lowest BCUT2D eigenvalue weighted by molar-refractivity contribution is 0.0743. The number of hydrogen-bond donors (Lipinski definition) is 0. The molecule has 0 bridgehead atoms. The lowest BCUT2D eigenvalue weighted by Gasteiger charge is -2.14. The van der Waals surface area contributed by atoms with Crippen molar-refractivity contribution in [1.29, 1.82) is 0 Å². The molecular formula is C21H21ClN4O3S2. The molecule has 162 valence electrons. The van der Waals surface area contributed by atoms with Crippen molar-refractivity contribution in [2.24, 2.45) is 0 Å². The molecular weight excluding hydrogens is 456 g/mol. The summed E-state index contributed by atoms with van der Waals surface area (Å²) in [6.07, 6.45) is 2.53. The fourth-order valence-electron chi connectivity index (χ4n) is 3.12. The molecule has 0 saturated carbocycles. The van der Waals surface area contributed by atoms with Crippen LogP contribution in [0.4, 0.5) is 0 Å². The van der Waals surface area contributed by atoms with Crippen LogP contribution in [0.1, 0.15) is 26.0 Å². The maximum Gasteiger partial charge on any atom is 0.262 e. The highest BCUT2D eigenvalue weighted by Gasteiger charge is 2.13. The standard InChI is InChI=1S/C21H21ClN4O3S2/c1-13(2)29-8-3-6-26-19(28)16-5-4-14(22)10-17(16)24-21(26)31-12-15-11-18(27)25-7-9-30-20(25)23-15/h4-5,7,9-11,13H,3,6,8,12H2,1-2H3. The number of benzene rings is 1. The summed E-state index contributed by atoms with van der Waals surface area (Å²) < 4.78 is 8.80. The molecule has 3 heterocycles. The summed E-state index contributed by atoms with van der Waals surface area (Å²) in [7, 11) is 0. The number of rotatable bonds is 8. The maximum atomic E-state index is 13.2. The van der Waals surface area contributed by atoms with Gasteiger partial charge in [0.1, 0.15) is 0 Å². The van der Waals surface area contributed by atoms with Gasteiger partial charge in [0.05, 0.1) is 22.7 Å². The minimum Gasteiger partial charge on any atom is -0.379 e. The van der Waals surface area contributed by atoms with Crippen molar-refractivity contribution < 1.29 is 4.74 Å². The zero-order chi connectivity index (χ0) is 22.0. The Labute approximate surface area is 191 Å². The van der Waals surface area contributed by atoms with Crippen LogP contribution in [0.3, 0.4) is 0 Å². The number of aromatic nitrogens is 4. The van der Waals surface area contributed by atoms with Crippen LogP contribution in [0.25, 0.3) is 15.9 Å². The fraction of sp³-hybridized carbons (Fsp3) is 0.333. The minimum absolute atomic E-state index is 0.115. The average Bonchev–Trinajstić information content (AvgIpc) is 3.20. The van der Waals surface area contributed by atoms with E-state index in [4.69, 9.17) is 21.3 Å². The van der Waals surface area contributed by atoms with E-state index in [0.717, 1.165) is 0 Å². The molecule has 0 aliphatic heterocycles. The zero-order valence-electron chi connectivity index (χ0n) is 17.1. The number of thiazole rings is 1. The van der Waals surface area contributed by atoms with Crippen molar-refractivity contribution >= 4 is 50.6 Å². The largest absolute Gasteiger partial charge is 0.379 e. The smallest absolute Gasteiger partial charge is 0.262 e. The minimum atomic E-state index is -0.122. The third-order valence-electron chi connectivity index (χ3n) is 4.56. The van der Waals surface area contributed by atoms with Crippen LogP contribution in [0.5, 0.6) is 0 Å². The third kappa shape index (κ3) is 5.01. The first-order valence-corrected chi connectivity index (χ1v) is 12.1. The SMILES string of the molecule is CC(C)OCCCn1c(SCc2cc(=O)n3ccsc3n2)nc2cc(Cl)ccc2c1=O. The lowest BCUT2D eigenvalue weighted by Crippen LogP contribution is -2.24. The van der Waals surface area contributed by atoms with Gasteiger partial charge in [-0.3, -0.25) is 18.6 Å². The van der Waals surface area contributed by atoms with Gasteiger partial charge in [-0.25, -0.2) is 9.97 Å². The molecule has 7 nitrogen and oxygen atoms in total. The second kappa shape index (κ2) is 9.52. The van der Waals surface area contributed by atoms with Crippen molar-refractivity contribution in [3.63, 3.8) is 0 Å². The molecule has 4 rings (SSSR count). The van der Waals surface area contributed by atoms with Crippen LogP contribution >= 0.6 is 34.7 Å². The van der Waals surface area contributed by atoms with Gasteiger partial charge >= 0.3 is 0 Å². The van der Waals surface area contributed by atoms with E-state index in [1.807, 2.05) is 19.2 Å². The van der Waals surface area contributed by atoms with Crippen LogP contribution in [0.15, 0.2) is 50.6 Å². The summed E-state index contributed by atoms with van der Waals surface area (Å²) in [4.78, 5) is 35.3. The summed E-state index contributed by atoms with van der Waals surface area (Å²) >= 11 is 8.90. The van der Waals surface area contributed by atoms with E-state index < -0.39 is 0 Å². The molecule has 0 unspecified atom stereocenters. The number of ether oxygens (including phenoxy) is 1. The molecule has 4 aromatic rings. The van der Waals surface area contributed by atoms with Gasteiger partial charge in [-0.15, -0.1) is 11.3 Å². The lowest BCUT2D eigenvalue weighted by atomic mass is 10.2. The van der Waals surface area contributed by atoms with Gasteiger partial charge < -0.3 is 4.74 Å². The van der Waals surface area contributed by atoms with Crippen LogP contribution in [-0.2, 0) is 17.0 Å².